The molecule has 0 aromatic carbocycles. The van der Waals surface area contributed by atoms with Gasteiger partial charge in [-0.15, -0.1) is 11.3 Å². The molecule has 1 aromatic rings. The summed E-state index contributed by atoms with van der Waals surface area (Å²) in [5.41, 5.74) is 1.09. The first-order valence-corrected chi connectivity index (χ1v) is 7.91. The van der Waals surface area contributed by atoms with Gasteiger partial charge in [0.1, 0.15) is 5.01 Å². The highest BCUT2D eigenvalue weighted by Crippen LogP contribution is 2.29. The molecular weight excluding hydrogens is 244 g/mol. The maximum Gasteiger partial charge on any atom is 0.107 e. The highest BCUT2D eigenvalue weighted by molar-refractivity contribution is 7.09. The van der Waals surface area contributed by atoms with Crippen molar-refractivity contribution in [1.82, 2.24) is 10.3 Å². The van der Waals surface area contributed by atoms with Crippen LogP contribution >= 0.6 is 11.3 Å². The van der Waals surface area contributed by atoms with Crippen molar-refractivity contribution in [3.63, 3.8) is 0 Å². The Morgan fingerprint density at radius 1 is 1.44 bits per heavy atom. The molecule has 1 saturated carbocycles. The molecule has 0 aliphatic heterocycles. The monoisotopic (exact) mass is 268 g/mol. The van der Waals surface area contributed by atoms with Gasteiger partial charge < -0.3 is 10.1 Å². The molecule has 0 saturated heterocycles. The fourth-order valence-corrected chi connectivity index (χ4v) is 3.49. The molecule has 2 rings (SSSR count). The number of thiazole rings is 1. The third kappa shape index (κ3) is 3.77. The summed E-state index contributed by atoms with van der Waals surface area (Å²) in [5.74, 6) is 0.758. The number of nitrogens with one attached hydrogen (secondary N) is 1. The van der Waals surface area contributed by atoms with Gasteiger partial charge in [0.15, 0.2) is 0 Å². The van der Waals surface area contributed by atoms with Crippen LogP contribution in [0.25, 0.3) is 0 Å². The molecule has 18 heavy (non-hydrogen) atoms. The zero-order valence-electron chi connectivity index (χ0n) is 11.4. The summed E-state index contributed by atoms with van der Waals surface area (Å²) < 4.78 is 6.09. The number of rotatable bonds is 6. The van der Waals surface area contributed by atoms with Gasteiger partial charge >= 0.3 is 0 Å². The maximum absolute atomic E-state index is 6.09. The number of ether oxygens (including phenoxy) is 1. The Morgan fingerprint density at radius 3 is 3.06 bits per heavy atom. The van der Waals surface area contributed by atoms with Crippen molar-refractivity contribution >= 4 is 11.3 Å². The topological polar surface area (TPSA) is 34.1 Å². The van der Waals surface area contributed by atoms with E-state index in [0.29, 0.717) is 12.7 Å². The second kappa shape index (κ2) is 7.22. The lowest BCUT2D eigenvalue weighted by Crippen LogP contribution is -2.27. The summed E-state index contributed by atoms with van der Waals surface area (Å²) >= 11 is 1.71. The number of nitrogens with zero attached hydrogens (tertiary/aromatic N) is 1. The molecule has 1 aliphatic rings. The average Bonchev–Trinajstić information content (AvgIpc) is 2.85. The summed E-state index contributed by atoms with van der Waals surface area (Å²) in [7, 11) is 1.95. The van der Waals surface area contributed by atoms with Crippen molar-refractivity contribution in [2.45, 2.75) is 58.3 Å². The number of aromatic nitrogens is 1. The third-order valence-electron chi connectivity index (χ3n) is 3.74. The van der Waals surface area contributed by atoms with Gasteiger partial charge in [0.25, 0.3) is 0 Å². The molecule has 102 valence electrons. The molecule has 2 atom stereocenters. The molecule has 0 bridgehead atoms. The van der Waals surface area contributed by atoms with E-state index in [1.54, 1.807) is 11.3 Å². The molecule has 0 radical (unpaired) electrons. The lowest BCUT2D eigenvalue weighted by Gasteiger charge is -2.30. The van der Waals surface area contributed by atoms with Crippen LogP contribution < -0.4 is 5.32 Å². The molecule has 1 fully saturated rings. The van der Waals surface area contributed by atoms with E-state index in [2.05, 4.69) is 22.6 Å². The first-order valence-electron chi connectivity index (χ1n) is 7.03. The van der Waals surface area contributed by atoms with Gasteiger partial charge in [-0.2, -0.15) is 0 Å². The van der Waals surface area contributed by atoms with Gasteiger partial charge in [0, 0.05) is 11.9 Å². The predicted octanol–water partition coefficient (Wildman–Crippen LogP) is 3.35. The van der Waals surface area contributed by atoms with Crippen LogP contribution in [-0.4, -0.2) is 18.1 Å². The van der Waals surface area contributed by atoms with E-state index < -0.39 is 0 Å². The molecule has 0 amide bonds. The van der Waals surface area contributed by atoms with Crippen molar-refractivity contribution in [3.8, 4) is 0 Å². The van der Waals surface area contributed by atoms with Crippen molar-refractivity contribution in [3.05, 3.63) is 16.1 Å². The highest BCUT2D eigenvalue weighted by Gasteiger charge is 2.24. The molecule has 4 heteroatoms. The highest BCUT2D eigenvalue weighted by atomic mass is 32.1. The van der Waals surface area contributed by atoms with E-state index >= 15 is 0 Å². The van der Waals surface area contributed by atoms with E-state index in [0.717, 1.165) is 23.2 Å². The SMILES string of the molecule is CCC1CCCCC1OCc1csc(CNC)n1. The zero-order valence-corrected chi connectivity index (χ0v) is 12.3. The van der Waals surface area contributed by atoms with Crippen molar-refractivity contribution in [2.24, 2.45) is 5.92 Å². The van der Waals surface area contributed by atoms with E-state index in [1.165, 1.54) is 32.1 Å². The van der Waals surface area contributed by atoms with Gasteiger partial charge in [-0.25, -0.2) is 4.98 Å². The van der Waals surface area contributed by atoms with Crippen LogP contribution in [0.4, 0.5) is 0 Å². The Bertz CT molecular complexity index is 353. The summed E-state index contributed by atoms with van der Waals surface area (Å²) in [6, 6.07) is 0. The summed E-state index contributed by atoms with van der Waals surface area (Å²) in [6.45, 7) is 3.81. The van der Waals surface area contributed by atoms with Crippen LogP contribution in [-0.2, 0) is 17.9 Å². The summed E-state index contributed by atoms with van der Waals surface area (Å²) in [6.07, 6.45) is 6.96. The maximum atomic E-state index is 6.09. The first kappa shape index (κ1) is 14.0. The molecule has 1 N–H and O–H groups in total. The Kier molecular flexibility index (Phi) is 5.60. The van der Waals surface area contributed by atoms with Crippen LogP contribution in [0.1, 0.15) is 49.7 Å². The lowest BCUT2D eigenvalue weighted by molar-refractivity contribution is -0.0233. The molecular formula is C14H24N2OS. The Morgan fingerprint density at radius 2 is 2.28 bits per heavy atom. The van der Waals surface area contributed by atoms with Crippen LogP contribution in [0.15, 0.2) is 5.38 Å². The first-order chi connectivity index (χ1) is 8.83. The minimum Gasteiger partial charge on any atom is -0.372 e. The molecule has 1 aromatic heterocycles. The largest absolute Gasteiger partial charge is 0.372 e. The van der Waals surface area contributed by atoms with Gasteiger partial charge in [-0.05, 0) is 25.8 Å². The third-order valence-corrected chi connectivity index (χ3v) is 4.63. The van der Waals surface area contributed by atoms with E-state index in [1.807, 2.05) is 7.05 Å². The van der Waals surface area contributed by atoms with Gasteiger partial charge in [-0.1, -0.05) is 26.2 Å². The summed E-state index contributed by atoms with van der Waals surface area (Å²) in [4.78, 5) is 4.57. The zero-order chi connectivity index (χ0) is 12.8. The fraction of sp³-hybridized carbons (Fsp3) is 0.786. The van der Waals surface area contributed by atoms with E-state index in [4.69, 9.17) is 4.74 Å². The van der Waals surface area contributed by atoms with E-state index in [9.17, 15) is 0 Å². The van der Waals surface area contributed by atoms with Gasteiger partial charge in [0.05, 0.1) is 18.4 Å². The Hall–Kier alpha value is -0.450. The van der Waals surface area contributed by atoms with Gasteiger partial charge in [-0.3, -0.25) is 0 Å². The molecule has 0 spiro atoms. The normalized spacial score (nSPS) is 24.3. The number of hydrogen-bond acceptors (Lipinski definition) is 4. The van der Waals surface area contributed by atoms with Crippen molar-refractivity contribution < 1.29 is 4.74 Å². The predicted molar refractivity (Wildman–Crippen MR) is 75.7 cm³/mol. The average molecular weight is 268 g/mol. The van der Waals surface area contributed by atoms with Gasteiger partial charge in [0.2, 0.25) is 0 Å². The second-order valence-corrected chi connectivity index (χ2v) is 6.01. The smallest absolute Gasteiger partial charge is 0.107 e. The number of hydrogen-bond donors (Lipinski definition) is 1. The molecule has 3 nitrogen and oxygen atoms in total. The quantitative estimate of drug-likeness (QED) is 0.859. The van der Waals surface area contributed by atoms with Crippen LogP contribution in [0, 0.1) is 5.92 Å². The van der Waals surface area contributed by atoms with Crippen LogP contribution in [0.5, 0.6) is 0 Å². The standard InChI is InChI=1S/C14H24N2OS/c1-3-11-6-4-5-7-13(11)17-9-12-10-18-14(16-12)8-15-2/h10-11,13,15H,3-9H2,1-2H3. The van der Waals surface area contributed by atoms with Crippen LogP contribution in [0.2, 0.25) is 0 Å². The second-order valence-electron chi connectivity index (χ2n) is 5.07. The fourth-order valence-electron chi connectivity index (χ4n) is 2.70. The minimum atomic E-state index is 0.457. The summed E-state index contributed by atoms with van der Waals surface area (Å²) in [5, 5.41) is 6.39. The Balaban J connectivity index is 1.81. The lowest BCUT2D eigenvalue weighted by atomic mass is 9.85. The minimum absolute atomic E-state index is 0.457. The van der Waals surface area contributed by atoms with Crippen molar-refractivity contribution in [2.75, 3.05) is 7.05 Å². The molecule has 2 unspecified atom stereocenters. The molecule has 1 heterocycles. The molecule has 1 aliphatic carbocycles. The Labute approximate surface area is 114 Å². The van der Waals surface area contributed by atoms with Crippen molar-refractivity contribution in [1.29, 1.82) is 0 Å². The van der Waals surface area contributed by atoms with Crippen LogP contribution in [0.3, 0.4) is 0 Å². The van der Waals surface area contributed by atoms with E-state index in [-0.39, 0.29) is 0 Å².